The molecule has 0 saturated heterocycles. The van der Waals surface area contributed by atoms with Crippen molar-refractivity contribution in [2.75, 3.05) is 6.54 Å². The quantitative estimate of drug-likeness (QED) is 0.572. The third kappa shape index (κ3) is 3.92. The third-order valence-corrected chi connectivity index (χ3v) is 6.85. The van der Waals surface area contributed by atoms with E-state index in [4.69, 9.17) is 16.0 Å². The molecule has 30 heavy (non-hydrogen) atoms. The van der Waals surface area contributed by atoms with Crippen LogP contribution >= 0.6 is 24.0 Å². The predicted molar refractivity (Wildman–Crippen MR) is 107 cm³/mol. The molecule has 3 aromatic rings. The summed E-state index contributed by atoms with van der Waals surface area (Å²) in [7, 11) is -4.18. The van der Waals surface area contributed by atoms with Gasteiger partial charge < -0.3 is 14.8 Å². The van der Waals surface area contributed by atoms with E-state index in [1.165, 1.54) is 18.2 Å². The van der Waals surface area contributed by atoms with E-state index in [1.54, 1.807) is 0 Å². The maximum atomic E-state index is 13.1. The Morgan fingerprint density at radius 2 is 1.90 bits per heavy atom. The van der Waals surface area contributed by atoms with E-state index in [2.05, 4.69) is 5.32 Å². The van der Waals surface area contributed by atoms with Crippen LogP contribution < -0.4 is 5.32 Å². The summed E-state index contributed by atoms with van der Waals surface area (Å²) in [4.78, 5) is -0.535. The molecule has 2 heterocycles. The molecule has 1 aliphatic rings. The fourth-order valence-corrected chi connectivity index (χ4v) is 5.06. The Labute approximate surface area is 181 Å². The average molecular weight is 482 g/mol. The second-order valence-electron chi connectivity index (χ2n) is 6.73. The van der Waals surface area contributed by atoms with Gasteiger partial charge >= 0.3 is 6.18 Å². The minimum Gasteiger partial charge on any atom is -0.459 e. The summed E-state index contributed by atoms with van der Waals surface area (Å²) in [6.45, 7) is 1.22. The van der Waals surface area contributed by atoms with Crippen LogP contribution in [0.5, 0.6) is 0 Å². The van der Waals surface area contributed by atoms with Crippen LogP contribution in [0, 0.1) is 0 Å². The summed E-state index contributed by atoms with van der Waals surface area (Å²) in [5, 5.41) is 13.3. The second kappa shape index (κ2) is 8.05. The SMILES string of the molecule is Cl.O=S(=O)(c1cccc(C(O)C(F)(F)F)c1)c1cc(Cl)c2oc3c(c2c1)CNCC3. The first-order valence-corrected chi connectivity index (χ1v) is 10.5. The topological polar surface area (TPSA) is 79.5 Å². The van der Waals surface area contributed by atoms with Gasteiger partial charge in [0.2, 0.25) is 9.84 Å². The van der Waals surface area contributed by atoms with Crippen molar-refractivity contribution in [1.29, 1.82) is 0 Å². The molecule has 0 fully saturated rings. The molecule has 0 radical (unpaired) electrons. The van der Waals surface area contributed by atoms with Crippen molar-refractivity contribution in [3.8, 4) is 0 Å². The van der Waals surface area contributed by atoms with E-state index in [0.717, 1.165) is 36.1 Å². The number of benzene rings is 2. The molecule has 0 bridgehead atoms. The van der Waals surface area contributed by atoms with Crippen molar-refractivity contribution in [3.05, 3.63) is 58.3 Å². The van der Waals surface area contributed by atoms with Crippen LogP contribution in [0.25, 0.3) is 11.0 Å². The molecular formula is C19H16Cl2F3NO4S. The maximum absolute atomic E-state index is 13.1. The van der Waals surface area contributed by atoms with E-state index in [9.17, 15) is 26.7 Å². The first-order valence-electron chi connectivity index (χ1n) is 8.63. The Kier molecular flexibility index (Phi) is 6.14. The van der Waals surface area contributed by atoms with E-state index in [1.807, 2.05) is 0 Å². The summed E-state index contributed by atoms with van der Waals surface area (Å²) in [5.74, 6) is 0.727. The molecule has 0 spiro atoms. The van der Waals surface area contributed by atoms with E-state index in [-0.39, 0.29) is 27.2 Å². The van der Waals surface area contributed by atoms with Gasteiger partial charge in [0.05, 0.1) is 14.8 Å². The maximum Gasteiger partial charge on any atom is 0.418 e. The van der Waals surface area contributed by atoms with Gasteiger partial charge in [0.1, 0.15) is 5.76 Å². The summed E-state index contributed by atoms with van der Waals surface area (Å²) in [6, 6.07) is 6.80. The largest absolute Gasteiger partial charge is 0.459 e. The Morgan fingerprint density at radius 3 is 2.60 bits per heavy atom. The lowest BCUT2D eigenvalue weighted by Gasteiger charge is -2.15. The zero-order valence-corrected chi connectivity index (χ0v) is 17.6. The van der Waals surface area contributed by atoms with Gasteiger partial charge in [0.15, 0.2) is 11.7 Å². The molecule has 0 amide bonds. The number of halogens is 5. The fourth-order valence-electron chi connectivity index (χ4n) is 3.37. The molecule has 2 aromatic carbocycles. The molecule has 0 aliphatic carbocycles. The zero-order chi connectivity index (χ0) is 21.0. The van der Waals surface area contributed by atoms with Gasteiger partial charge in [-0.3, -0.25) is 0 Å². The van der Waals surface area contributed by atoms with Crippen molar-refractivity contribution in [3.63, 3.8) is 0 Å². The lowest BCUT2D eigenvalue weighted by molar-refractivity contribution is -0.206. The van der Waals surface area contributed by atoms with E-state index < -0.39 is 27.7 Å². The first kappa shape index (κ1) is 22.9. The number of alkyl halides is 3. The van der Waals surface area contributed by atoms with Crippen LogP contribution in [0.1, 0.15) is 23.0 Å². The summed E-state index contributed by atoms with van der Waals surface area (Å²) in [6.07, 6.45) is -7.05. The third-order valence-electron chi connectivity index (χ3n) is 4.84. The number of rotatable bonds is 3. The number of sulfone groups is 1. The minimum atomic E-state index is -4.91. The molecule has 4 rings (SSSR count). The Hall–Kier alpha value is -1.78. The van der Waals surface area contributed by atoms with Crippen LogP contribution in [0.4, 0.5) is 13.2 Å². The molecule has 0 saturated carbocycles. The number of aliphatic hydroxyl groups is 1. The van der Waals surface area contributed by atoms with Crippen molar-refractivity contribution in [1.82, 2.24) is 5.32 Å². The lowest BCUT2D eigenvalue weighted by Crippen LogP contribution is -2.22. The summed E-state index contributed by atoms with van der Waals surface area (Å²) in [5.41, 5.74) is 0.627. The molecule has 11 heteroatoms. The lowest BCUT2D eigenvalue weighted by atomic mass is 10.1. The second-order valence-corrected chi connectivity index (χ2v) is 9.09. The normalized spacial score (nSPS) is 15.5. The van der Waals surface area contributed by atoms with Crippen LogP contribution in [0.15, 0.2) is 50.6 Å². The Bertz CT molecular complexity index is 1210. The van der Waals surface area contributed by atoms with Crippen LogP contribution in [-0.2, 0) is 22.8 Å². The van der Waals surface area contributed by atoms with Crippen molar-refractivity contribution in [2.45, 2.75) is 35.0 Å². The van der Waals surface area contributed by atoms with E-state index in [0.29, 0.717) is 23.9 Å². The predicted octanol–water partition coefficient (Wildman–Crippen LogP) is 4.58. The molecular weight excluding hydrogens is 466 g/mol. The number of furan rings is 1. The number of nitrogens with one attached hydrogen (secondary N) is 1. The van der Waals surface area contributed by atoms with Gasteiger partial charge in [0, 0.05) is 30.5 Å². The van der Waals surface area contributed by atoms with Gasteiger partial charge in [-0.05, 0) is 29.8 Å². The Morgan fingerprint density at radius 1 is 1.17 bits per heavy atom. The molecule has 2 N–H and O–H groups in total. The van der Waals surface area contributed by atoms with E-state index >= 15 is 0 Å². The molecule has 1 unspecified atom stereocenters. The van der Waals surface area contributed by atoms with Gasteiger partial charge in [-0.1, -0.05) is 23.7 Å². The van der Waals surface area contributed by atoms with Crippen LogP contribution in [-0.4, -0.2) is 26.2 Å². The molecule has 1 aromatic heterocycles. The summed E-state index contributed by atoms with van der Waals surface area (Å²) >= 11 is 6.25. The highest BCUT2D eigenvalue weighted by Gasteiger charge is 2.39. The standard InChI is InChI=1S/C19H15ClF3NO4S.ClH/c20-15-8-12(7-13-14-9-24-5-4-16(14)28-17(13)15)29(26,27)11-3-1-2-10(6-11)18(25)19(21,22)23;/h1-3,6-8,18,24-25H,4-5,9H2;1H. The van der Waals surface area contributed by atoms with Gasteiger partial charge in [-0.15, -0.1) is 12.4 Å². The highest BCUT2D eigenvalue weighted by atomic mass is 35.5. The molecule has 1 aliphatic heterocycles. The van der Waals surface area contributed by atoms with Crippen LogP contribution in [0.2, 0.25) is 5.02 Å². The highest BCUT2D eigenvalue weighted by molar-refractivity contribution is 7.91. The van der Waals surface area contributed by atoms with Crippen molar-refractivity contribution < 1.29 is 31.1 Å². The number of hydrogen-bond acceptors (Lipinski definition) is 5. The Balaban J connectivity index is 0.00000256. The fraction of sp³-hybridized carbons (Fsp3) is 0.263. The number of hydrogen-bond donors (Lipinski definition) is 2. The van der Waals surface area contributed by atoms with Crippen molar-refractivity contribution >= 4 is 44.8 Å². The molecule has 1 atom stereocenters. The summed E-state index contributed by atoms with van der Waals surface area (Å²) < 4.78 is 70.3. The smallest absolute Gasteiger partial charge is 0.418 e. The minimum absolute atomic E-state index is 0. The zero-order valence-electron chi connectivity index (χ0n) is 15.2. The molecule has 162 valence electrons. The average Bonchev–Trinajstić information content (AvgIpc) is 3.06. The van der Waals surface area contributed by atoms with Crippen LogP contribution in [0.3, 0.4) is 0 Å². The van der Waals surface area contributed by atoms with Gasteiger partial charge in [-0.2, -0.15) is 13.2 Å². The van der Waals surface area contributed by atoms with Gasteiger partial charge in [-0.25, -0.2) is 8.42 Å². The molecule has 5 nitrogen and oxygen atoms in total. The van der Waals surface area contributed by atoms with Crippen molar-refractivity contribution in [2.24, 2.45) is 0 Å². The number of aliphatic hydroxyl groups excluding tert-OH is 1. The highest BCUT2D eigenvalue weighted by Crippen LogP contribution is 2.38. The number of fused-ring (bicyclic) bond motifs is 3. The van der Waals surface area contributed by atoms with Gasteiger partial charge in [0.25, 0.3) is 0 Å². The monoisotopic (exact) mass is 481 g/mol. The first-order chi connectivity index (χ1) is 13.6.